The van der Waals surface area contributed by atoms with Crippen LogP contribution in [0.3, 0.4) is 0 Å². The second kappa shape index (κ2) is 7.24. The Balaban J connectivity index is 1.61. The fourth-order valence-electron chi connectivity index (χ4n) is 3.13. The summed E-state index contributed by atoms with van der Waals surface area (Å²) in [5.41, 5.74) is 1.54. The molecule has 0 spiro atoms. The zero-order valence-electron chi connectivity index (χ0n) is 15.7. The minimum Gasteiger partial charge on any atom is -0.495 e. The number of hydrogen-bond acceptors (Lipinski definition) is 7. The molecule has 1 amide bonds. The van der Waals surface area contributed by atoms with Crippen molar-refractivity contribution in [1.82, 2.24) is 24.5 Å². The molecule has 10 heteroatoms. The molecular weight excluding hydrogens is 379 g/mol. The predicted molar refractivity (Wildman–Crippen MR) is 106 cm³/mol. The van der Waals surface area contributed by atoms with Crippen LogP contribution in [0.1, 0.15) is 10.4 Å². The zero-order valence-corrected chi connectivity index (χ0v) is 16.6. The first-order chi connectivity index (χ1) is 13.5. The lowest BCUT2D eigenvalue weighted by molar-refractivity contribution is 0.0771. The van der Waals surface area contributed by atoms with E-state index in [1.54, 1.807) is 18.7 Å². The van der Waals surface area contributed by atoms with Crippen LogP contribution in [0.25, 0.3) is 5.65 Å². The largest absolute Gasteiger partial charge is 0.495 e. The summed E-state index contributed by atoms with van der Waals surface area (Å²) in [4.78, 5) is 23.4. The lowest BCUT2D eigenvalue weighted by atomic mass is 10.3. The van der Waals surface area contributed by atoms with E-state index in [2.05, 4.69) is 20.4 Å². The van der Waals surface area contributed by atoms with Crippen molar-refractivity contribution in [2.75, 3.05) is 44.5 Å². The van der Waals surface area contributed by atoms with E-state index in [-0.39, 0.29) is 5.91 Å². The van der Waals surface area contributed by atoms with Crippen molar-refractivity contribution in [3.63, 3.8) is 0 Å². The third-order valence-corrected chi connectivity index (χ3v) is 7.12. The molecule has 0 aliphatic carbocycles. The van der Waals surface area contributed by atoms with Gasteiger partial charge in [-0.3, -0.25) is 4.79 Å². The highest BCUT2D eigenvalue weighted by Crippen LogP contribution is 2.43. The Morgan fingerprint density at radius 1 is 1.25 bits per heavy atom. The van der Waals surface area contributed by atoms with E-state index < -0.39 is 7.14 Å². The van der Waals surface area contributed by atoms with Crippen molar-refractivity contribution in [2.24, 2.45) is 0 Å². The summed E-state index contributed by atoms with van der Waals surface area (Å²) in [6.07, 6.45) is 4.10. The second-order valence-electron chi connectivity index (χ2n) is 6.87. The summed E-state index contributed by atoms with van der Waals surface area (Å²) < 4.78 is 19.0. The quantitative estimate of drug-likeness (QED) is 0.671. The maximum Gasteiger partial charge on any atom is 0.259 e. The number of aromatic nitrogens is 4. The van der Waals surface area contributed by atoms with Gasteiger partial charge in [0.2, 0.25) is 5.95 Å². The average molecular weight is 400 g/mol. The van der Waals surface area contributed by atoms with Gasteiger partial charge in [-0.2, -0.15) is 10.1 Å². The molecule has 1 N–H and O–H groups in total. The Kier molecular flexibility index (Phi) is 4.77. The molecule has 1 aromatic carbocycles. The number of nitrogens with zero attached hydrogens (tertiary/aromatic N) is 5. The van der Waals surface area contributed by atoms with Crippen LogP contribution in [0.5, 0.6) is 5.75 Å². The summed E-state index contributed by atoms with van der Waals surface area (Å²) in [5.74, 6) is 0.841. The number of hydrogen-bond donors (Lipinski definition) is 1. The molecule has 2 aromatic heterocycles. The fraction of sp³-hybridized carbons (Fsp3) is 0.333. The first kappa shape index (κ1) is 18.4. The molecule has 1 fully saturated rings. The molecular formula is C18H21N6O3P. The number of methoxy groups -OCH3 is 1. The molecule has 0 radical (unpaired) electrons. The normalized spacial score (nSPS) is 16.1. The van der Waals surface area contributed by atoms with Gasteiger partial charge in [-0.1, -0.05) is 12.1 Å². The Morgan fingerprint density at radius 2 is 2.00 bits per heavy atom. The number of rotatable bonds is 4. The molecule has 1 aliphatic heterocycles. The highest BCUT2D eigenvalue weighted by atomic mass is 31.2. The molecule has 1 aliphatic rings. The number of amides is 1. The maximum absolute atomic E-state index is 12.9. The van der Waals surface area contributed by atoms with Crippen LogP contribution in [0, 0.1) is 0 Å². The first-order valence-corrected chi connectivity index (χ1v) is 11.4. The molecule has 28 heavy (non-hydrogen) atoms. The first-order valence-electron chi connectivity index (χ1n) is 8.92. The molecule has 9 nitrogen and oxygen atoms in total. The molecule has 4 rings (SSSR count). The van der Waals surface area contributed by atoms with E-state index in [9.17, 15) is 9.36 Å². The smallest absolute Gasteiger partial charge is 0.259 e. The van der Waals surface area contributed by atoms with Gasteiger partial charge in [-0.15, -0.1) is 0 Å². The molecule has 0 atom stereocenters. The highest BCUT2D eigenvalue weighted by molar-refractivity contribution is 7.63. The van der Waals surface area contributed by atoms with Crippen LogP contribution in [-0.4, -0.2) is 69.6 Å². The second-order valence-corrected chi connectivity index (χ2v) is 10.4. The Hall–Kier alpha value is -2.93. The lowest BCUT2D eigenvalue weighted by Crippen LogP contribution is -2.39. The van der Waals surface area contributed by atoms with Crippen molar-refractivity contribution < 1.29 is 14.1 Å². The molecule has 0 bridgehead atoms. The van der Waals surface area contributed by atoms with E-state index in [1.807, 2.05) is 24.3 Å². The number of anilines is 2. The van der Waals surface area contributed by atoms with Crippen molar-refractivity contribution in [3.05, 3.63) is 42.4 Å². The number of benzene rings is 1. The van der Waals surface area contributed by atoms with Gasteiger partial charge >= 0.3 is 0 Å². The van der Waals surface area contributed by atoms with Crippen LogP contribution in [0.2, 0.25) is 0 Å². The van der Waals surface area contributed by atoms with Crippen LogP contribution in [-0.2, 0) is 4.57 Å². The van der Waals surface area contributed by atoms with Crippen LogP contribution < -0.4 is 10.1 Å². The maximum atomic E-state index is 12.9. The van der Waals surface area contributed by atoms with E-state index in [0.717, 1.165) is 5.69 Å². The Bertz CT molecular complexity index is 1070. The van der Waals surface area contributed by atoms with Gasteiger partial charge in [0.25, 0.3) is 5.91 Å². The minimum absolute atomic E-state index is 0.156. The Labute approximate surface area is 162 Å². The topological polar surface area (TPSA) is 102 Å². The van der Waals surface area contributed by atoms with E-state index in [0.29, 0.717) is 48.3 Å². The van der Waals surface area contributed by atoms with Crippen molar-refractivity contribution in [1.29, 1.82) is 0 Å². The van der Waals surface area contributed by atoms with Gasteiger partial charge in [-0.05, 0) is 18.8 Å². The number of carbonyl (C=O) groups excluding carboxylic acids is 1. The van der Waals surface area contributed by atoms with Crippen LogP contribution in [0.15, 0.2) is 36.8 Å². The zero-order chi connectivity index (χ0) is 19.7. The van der Waals surface area contributed by atoms with Gasteiger partial charge in [0.15, 0.2) is 5.65 Å². The van der Waals surface area contributed by atoms with Crippen LogP contribution >= 0.6 is 7.14 Å². The number of ether oxygens (including phenoxy) is 1. The van der Waals surface area contributed by atoms with E-state index >= 15 is 0 Å². The van der Waals surface area contributed by atoms with Crippen molar-refractivity contribution in [3.8, 4) is 5.75 Å². The average Bonchev–Trinajstić information content (AvgIpc) is 3.11. The van der Waals surface area contributed by atoms with Crippen molar-refractivity contribution in [2.45, 2.75) is 0 Å². The van der Waals surface area contributed by atoms with Gasteiger partial charge < -0.3 is 19.5 Å². The number of fused-ring (bicyclic) bond motifs is 1. The SMILES string of the molecule is COc1ccccc1Nc1ncn2ncc(C(=O)N3CCP(C)(=O)CC3)c2n1. The molecule has 3 aromatic rings. The van der Waals surface area contributed by atoms with Crippen molar-refractivity contribution >= 4 is 30.3 Å². The third-order valence-electron chi connectivity index (χ3n) is 4.83. The summed E-state index contributed by atoms with van der Waals surface area (Å²) in [5, 5.41) is 7.29. The van der Waals surface area contributed by atoms with Gasteiger partial charge in [0.1, 0.15) is 17.6 Å². The predicted octanol–water partition coefficient (Wildman–Crippen LogP) is 2.33. The molecule has 0 saturated carbocycles. The highest BCUT2D eigenvalue weighted by Gasteiger charge is 2.29. The number of para-hydroxylation sites is 2. The Morgan fingerprint density at radius 3 is 2.75 bits per heavy atom. The van der Waals surface area contributed by atoms with Gasteiger partial charge in [0, 0.05) is 25.4 Å². The molecule has 3 heterocycles. The van der Waals surface area contributed by atoms with Gasteiger partial charge in [-0.25, -0.2) is 9.50 Å². The monoisotopic (exact) mass is 400 g/mol. The van der Waals surface area contributed by atoms with Crippen LogP contribution in [0.4, 0.5) is 11.6 Å². The van der Waals surface area contributed by atoms with E-state index in [1.165, 1.54) is 17.0 Å². The summed E-state index contributed by atoms with van der Waals surface area (Å²) >= 11 is 0. The number of nitrogens with one attached hydrogen (secondary N) is 1. The summed E-state index contributed by atoms with van der Waals surface area (Å²) in [6, 6.07) is 7.43. The summed E-state index contributed by atoms with van der Waals surface area (Å²) in [6.45, 7) is 2.77. The fourth-order valence-corrected chi connectivity index (χ4v) is 4.68. The summed E-state index contributed by atoms with van der Waals surface area (Å²) in [7, 11) is -0.516. The minimum atomic E-state index is -2.11. The third kappa shape index (κ3) is 3.57. The molecule has 1 saturated heterocycles. The number of carbonyl (C=O) groups is 1. The van der Waals surface area contributed by atoms with Gasteiger partial charge in [0.05, 0.1) is 26.1 Å². The molecule has 0 unspecified atom stereocenters. The lowest BCUT2D eigenvalue weighted by Gasteiger charge is -2.30. The standard InChI is InChI=1S/C18H21N6O3P/c1-27-15-6-4-3-5-14(15)21-18-19-12-24-16(22-18)13(11-20-24)17(25)23-7-9-28(2,26)10-8-23/h3-6,11-12H,7-10H2,1-2H3,(H,21,22). The molecule has 146 valence electrons. The van der Waals surface area contributed by atoms with E-state index in [4.69, 9.17) is 4.74 Å².